The van der Waals surface area contributed by atoms with Crippen LogP contribution in [0.3, 0.4) is 0 Å². The quantitative estimate of drug-likeness (QED) is 0.760. The molecule has 9 heteroatoms. The third kappa shape index (κ3) is 5.25. The second-order valence-corrected chi connectivity index (χ2v) is 9.28. The lowest BCUT2D eigenvalue weighted by Gasteiger charge is -2.31. The molecule has 0 spiro atoms. The molecule has 2 aromatic rings. The van der Waals surface area contributed by atoms with Gasteiger partial charge in [0.25, 0.3) is 0 Å². The molecule has 0 aliphatic carbocycles. The van der Waals surface area contributed by atoms with Gasteiger partial charge >= 0.3 is 0 Å². The molecule has 1 amide bonds. The van der Waals surface area contributed by atoms with Gasteiger partial charge in [-0.25, -0.2) is 12.7 Å². The summed E-state index contributed by atoms with van der Waals surface area (Å²) in [6.07, 6.45) is 2.83. The Morgan fingerprint density at radius 3 is 2.78 bits per heavy atom. The largest absolute Gasteiger partial charge is 0.467 e. The third-order valence-corrected chi connectivity index (χ3v) is 7.05. The van der Waals surface area contributed by atoms with Crippen molar-refractivity contribution >= 4 is 39.1 Å². The summed E-state index contributed by atoms with van der Waals surface area (Å²) >= 11 is 11.8. The number of furan rings is 1. The smallest absolute Gasteiger partial charge is 0.224 e. The van der Waals surface area contributed by atoms with Crippen LogP contribution in [-0.4, -0.2) is 31.7 Å². The number of benzene rings is 1. The Labute approximate surface area is 168 Å². The summed E-state index contributed by atoms with van der Waals surface area (Å²) in [6, 6.07) is 8.30. The van der Waals surface area contributed by atoms with Gasteiger partial charge in [0.15, 0.2) is 0 Å². The molecular formula is C18H20Cl2N2O4S. The molecule has 1 fully saturated rings. The fraction of sp³-hybridized carbons (Fsp3) is 0.389. The van der Waals surface area contributed by atoms with E-state index in [-0.39, 0.29) is 24.1 Å². The second kappa shape index (κ2) is 8.65. The molecule has 146 valence electrons. The van der Waals surface area contributed by atoms with E-state index in [1.165, 1.54) is 4.31 Å². The van der Waals surface area contributed by atoms with Crippen LogP contribution in [0.2, 0.25) is 10.0 Å². The van der Waals surface area contributed by atoms with Gasteiger partial charge in [0.05, 0.1) is 34.5 Å². The number of nitrogens with one attached hydrogen (secondary N) is 1. The minimum absolute atomic E-state index is 0.166. The number of nitrogens with zero attached hydrogens (tertiary/aromatic N) is 1. The average molecular weight is 431 g/mol. The molecular weight excluding hydrogens is 411 g/mol. The summed E-state index contributed by atoms with van der Waals surface area (Å²) in [5, 5.41) is 3.50. The molecule has 1 aromatic heterocycles. The molecule has 1 saturated heterocycles. The van der Waals surface area contributed by atoms with Crippen LogP contribution in [-0.2, 0) is 27.1 Å². The van der Waals surface area contributed by atoms with Gasteiger partial charge in [-0.3, -0.25) is 4.79 Å². The van der Waals surface area contributed by atoms with Gasteiger partial charge < -0.3 is 9.73 Å². The zero-order valence-electron chi connectivity index (χ0n) is 14.5. The van der Waals surface area contributed by atoms with E-state index >= 15 is 0 Å². The van der Waals surface area contributed by atoms with Crippen LogP contribution in [0, 0.1) is 5.92 Å². The topological polar surface area (TPSA) is 79.6 Å². The van der Waals surface area contributed by atoms with Crippen LogP contribution < -0.4 is 5.32 Å². The number of hydrogen-bond donors (Lipinski definition) is 1. The van der Waals surface area contributed by atoms with E-state index in [1.807, 2.05) is 0 Å². The predicted octanol–water partition coefficient (Wildman–Crippen LogP) is 3.44. The highest BCUT2D eigenvalue weighted by Gasteiger charge is 2.32. The Hall–Kier alpha value is -1.54. The maximum Gasteiger partial charge on any atom is 0.224 e. The number of sulfonamides is 1. The molecule has 0 radical (unpaired) electrons. The maximum atomic E-state index is 12.8. The summed E-state index contributed by atoms with van der Waals surface area (Å²) in [7, 11) is -3.56. The number of hydrogen-bond acceptors (Lipinski definition) is 4. The summed E-state index contributed by atoms with van der Waals surface area (Å²) in [6.45, 7) is 0.873. The second-order valence-electron chi connectivity index (χ2n) is 6.50. The van der Waals surface area contributed by atoms with E-state index in [4.69, 9.17) is 27.6 Å². The lowest BCUT2D eigenvalue weighted by atomic mass is 9.99. The Kier molecular flexibility index (Phi) is 6.47. The summed E-state index contributed by atoms with van der Waals surface area (Å²) in [4.78, 5) is 12.4. The zero-order chi connectivity index (χ0) is 19.4. The van der Waals surface area contributed by atoms with Crippen molar-refractivity contribution in [3.8, 4) is 0 Å². The van der Waals surface area contributed by atoms with E-state index in [9.17, 15) is 13.2 Å². The Bertz CT molecular complexity index is 900. The van der Waals surface area contributed by atoms with Crippen molar-refractivity contribution in [1.29, 1.82) is 0 Å². The minimum Gasteiger partial charge on any atom is -0.467 e. The van der Waals surface area contributed by atoms with Crippen LogP contribution in [0.15, 0.2) is 41.0 Å². The monoisotopic (exact) mass is 430 g/mol. The van der Waals surface area contributed by atoms with Gasteiger partial charge in [0.1, 0.15) is 5.76 Å². The van der Waals surface area contributed by atoms with E-state index in [1.54, 1.807) is 36.6 Å². The molecule has 0 bridgehead atoms. The summed E-state index contributed by atoms with van der Waals surface area (Å²) < 4.78 is 32.1. The van der Waals surface area contributed by atoms with Crippen LogP contribution in [0.4, 0.5) is 0 Å². The minimum atomic E-state index is -3.56. The first-order valence-electron chi connectivity index (χ1n) is 8.57. The van der Waals surface area contributed by atoms with Crippen LogP contribution in [0.25, 0.3) is 0 Å². The Morgan fingerprint density at radius 1 is 1.26 bits per heavy atom. The van der Waals surface area contributed by atoms with Crippen molar-refractivity contribution in [2.45, 2.75) is 25.1 Å². The van der Waals surface area contributed by atoms with Crippen LogP contribution in [0.1, 0.15) is 24.2 Å². The number of halogens is 2. The van der Waals surface area contributed by atoms with Crippen molar-refractivity contribution in [3.63, 3.8) is 0 Å². The predicted molar refractivity (Wildman–Crippen MR) is 104 cm³/mol. The van der Waals surface area contributed by atoms with Gasteiger partial charge in [0.2, 0.25) is 15.9 Å². The van der Waals surface area contributed by atoms with Gasteiger partial charge in [-0.2, -0.15) is 0 Å². The number of piperidine rings is 1. The first-order valence-corrected chi connectivity index (χ1v) is 10.9. The van der Waals surface area contributed by atoms with E-state index < -0.39 is 10.0 Å². The molecule has 0 saturated carbocycles. The van der Waals surface area contributed by atoms with E-state index in [0.717, 1.165) is 0 Å². The van der Waals surface area contributed by atoms with Crippen molar-refractivity contribution in [3.05, 3.63) is 58.0 Å². The van der Waals surface area contributed by atoms with E-state index in [2.05, 4.69) is 5.32 Å². The first-order chi connectivity index (χ1) is 12.8. The van der Waals surface area contributed by atoms with Crippen molar-refractivity contribution in [2.75, 3.05) is 13.1 Å². The van der Waals surface area contributed by atoms with Gasteiger partial charge in [-0.15, -0.1) is 0 Å². The van der Waals surface area contributed by atoms with Crippen molar-refractivity contribution in [2.24, 2.45) is 5.92 Å². The molecule has 1 aliphatic rings. The molecule has 3 rings (SSSR count). The normalized spacial score (nSPS) is 18.4. The molecule has 1 aromatic carbocycles. The highest BCUT2D eigenvalue weighted by molar-refractivity contribution is 7.88. The molecule has 1 aliphatic heterocycles. The SMILES string of the molecule is O=C(NCc1ccco1)[C@H]1CCCN(S(=O)(=O)Cc2ccc(Cl)c(Cl)c2)C1. The highest BCUT2D eigenvalue weighted by Crippen LogP contribution is 2.26. The number of amides is 1. The van der Waals surface area contributed by atoms with E-state index in [0.29, 0.717) is 47.3 Å². The lowest BCUT2D eigenvalue weighted by Crippen LogP contribution is -2.45. The van der Waals surface area contributed by atoms with Crippen molar-refractivity contribution < 1.29 is 17.6 Å². The number of rotatable bonds is 6. The standard InChI is InChI=1S/C18H20Cl2N2O4S/c19-16-6-5-13(9-17(16)20)12-27(24,25)22-7-1-3-14(11-22)18(23)21-10-15-4-2-8-26-15/h2,4-6,8-9,14H,1,3,7,10-12H2,(H,21,23)/t14-/m0/s1. The van der Waals surface area contributed by atoms with Crippen LogP contribution in [0.5, 0.6) is 0 Å². The summed E-state index contributed by atoms with van der Waals surface area (Å²) in [5.41, 5.74) is 0.564. The highest BCUT2D eigenvalue weighted by atomic mass is 35.5. The average Bonchev–Trinajstić information content (AvgIpc) is 3.16. The molecule has 27 heavy (non-hydrogen) atoms. The third-order valence-electron chi connectivity index (χ3n) is 4.50. The van der Waals surface area contributed by atoms with Gasteiger partial charge in [0, 0.05) is 13.1 Å². The maximum absolute atomic E-state index is 12.8. The lowest BCUT2D eigenvalue weighted by molar-refractivity contribution is -0.126. The Morgan fingerprint density at radius 2 is 2.07 bits per heavy atom. The summed E-state index contributed by atoms with van der Waals surface area (Å²) in [5.74, 6) is -0.0636. The first kappa shape index (κ1) is 20.2. The fourth-order valence-corrected chi connectivity index (χ4v) is 4.99. The van der Waals surface area contributed by atoms with Gasteiger partial charge in [-0.05, 0) is 42.7 Å². The number of carbonyl (C=O) groups is 1. The number of carbonyl (C=O) groups excluding carboxylic acids is 1. The molecule has 1 N–H and O–H groups in total. The molecule has 2 heterocycles. The molecule has 1 atom stereocenters. The van der Waals surface area contributed by atoms with Crippen molar-refractivity contribution in [1.82, 2.24) is 9.62 Å². The van der Waals surface area contributed by atoms with Crippen LogP contribution >= 0.6 is 23.2 Å². The molecule has 0 unspecified atom stereocenters. The fourth-order valence-electron chi connectivity index (χ4n) is 3.07. The Balaban J connectivity index is 1.61. The molecule has 6 nitrogen and oxygen atoms in total. The van der Waals surface area contributed by atoms with Gasteiger partial charge in [-0.1, -0.05) is 29.3 Å². The zero-order valence-corrected chi connectivity index (χ0v) is 16.9.